The molecule has 0 saturated carbocycles. The molecule has 2 N–H and O–H groups in total. The summed E-state index contributed by atoms with van der Waals surface area (Å²) in [4.78, 5) is 4.13. The van der Waals surface area contributed by atoms with E-state index in [1.54, 1.807) is 0 Å². The molecule has 0 amide bonds. The van der Waals surface area contributed by atoms with Gasteiger partial charge in [0.25, 0.3) is 0 Å². The summed E-state index contributed by atoms with van der Waals surface area (Å²) in [7, 11) is 0. The molecule has 0 radical (unpaired) electrons. The van der Waals surface area contributed by atoms with Crippen LogP contribution in [0.15, 0.2) is 0 Å². The Morgan fingerprint density at radius 2 is 2.23 bits per heavy atom. The average Bonchev–Trinajstić information content (AvgIpc) is 2.47. The minimum absolute atomic E-state index is 0.265. The molecular weight excluding hydrogens is 186 g/mol. The Kier molecular flexibility index (Phi) is 3.62. The first kappa shape index (κ1) is 10.4. The minimum atomic E-state index is -0.329. The van der Waals surface area contributed by atoms with Crippen molar-refractivity contribution in [2.75, 3.05) is 11.9 Å². The fourth-order valence-corrected chi connectivity index (χ4v) is 1.38. The number of anilines is 1. The van der Waals surface area contributed by atoms with Crippen LogP contribution in [-0.4, -0.2) is 27.1 Å². The lowest BCUT2D eigenvalue weighted by Crippen LogP contribution is -2.24. The third kappa shape index (κ3) is 3.28. The molecule has 5 heteroatoms. The average molecular weight is 201 g/mol. The lowest BCUT2D eigenvalue weighted by molar-refractivity contribution is 0.138. The minimum Gasteiger partial charge on any atom is -0.391 e. The highest BCUT2D eigenvalue weighted by Gasteiger charge is 2.09. The largest absolute Gasteiger partial charge is 0.391 e. The van der Waals surface area contributed by atoms with Gasteiger partial charge >= 0.3 is 0 Å². The van der Waals surface area contributed by atoms with Crippen LogP contribution < -0.4 is 5.32 Å². The number of nitrogens with one attached hydrogen (secondary N) is 1. The van der Waals surface area contributed by atoms with Crippen LogP contribution in [0.25, 0.3) is 0 Å². The smallest absolute Gasteiger partial charge is 0.202 e. The highest BCUT2D eigenvalue weighted by molar-refractivity contribution is 7.09. The van der Waals surface area contributed by atoms with Crippen LogP contribution in [0.3, 0.4) is 0 Å². The topological polar surface area (TPSA) is 58.0 Å². The van der Waals surface area contributed by atoms with Gasteiger partial charge in [0.2, 0.25) is 5.13 Å². The first-order chi connectivity index (χ1) is 6.09. The lowest BCUT2D eigenvalue weighted by atomic mass is 10.1. The van der Waals surface area contributed by atoms with Gasteiger partial charge in [0.15, 0.2) is 0 Å². The van der Waals surface area contributed by atoms with Gasteiger partial charge in [0, 0.05) is 18.1 Å². The van der Waals surface area contributed by atoms with Gasteiger partial charge < -0.3 is 10.4 Å². The van der Waals surface area contributed by atoms with Gasteiger partial charge in [-0.1, -0.05) is 13.8 Å². The second kappa shape index (κ2) is 4.53. The fraction of sp³-hybridized carbons (Fsp3) is 0.750. The summed E-state index contributed by atoms with van der Waals surface area (Å²) >= 11 is 1.32. The van der Waals surface area contributed by atoms with E-state index in [1.807, 2.05) is 20.8 Å². The first-order valence-electron chi connectivity index (χ1n) is 4.32. The van der Waals surface area contributed by atoms with Gasteiger partial charge in [-0.15, -0.1) is 0 Å². The highest BCUT2D eigenvalue weighted by atomic mass is 32.1. The third-order valence-electron chi connectivity index (χ3n) is 1.76. The number of aliphatic hydroxyl groups is 1. The number of hydrogen-bond donors (Lipinski definition) is 2. The van der Waals surface area contributed by atoms with E-state index in [0.29, 0.717) is 6.54 Å². The van der Waals surface area contributed by atoms with E-state index in [4.69, 9.17) is 0 Å². The number of hydrogen-bond acceptors (Lipinski definition) is 5. The maximum absolute atomic E-state index is 9.49. The number of aromatic nitrogens is 2. The predicted octanol–water partition coefficient (Wildman–Crippen LogP) is 1.28. The van der Waals surface area contributed by atoms with E-state index in [1.165, 1.54) is 11.5 Å². The second-order valence-electron chi connectivity index (χ2n) is 3.34. The second-order valence-corrected chi connectivity index (χ2v) is 4.09. The standard InChI is InChI=1S/C8H15N3OS/c1-5(2)7(12)4-9-8-10-6(3)11-13-8/h5,7,12H,4H2,1-3H3,(H,9,10,11). The van der Waals surface area contributed by atoms with E-state index >= 15 is 0 Å². The van der Waals surface area contributed by atoms with Gasteiger partial charge in [-0.25, -0.2) is 4.98 Å². The molecule has 1 heterocycles. The quantitative estimate of drug-likeness (QED) is 0.770. The number of aliphatic hydroxyl groups excluding tert-OH is 1. The number of rotatable bonds is 4. The Bertz CT molecular complexity index is 262. The SMILES string of the molecule is Cc1nsc(NCC(O)C(C)C)n1. The van der Waals surface area contributed by atoms with Crippen molar-refractivity contribution in [2.24, 2.45) is 5.92 Å². The molecule has 0 bridgehead atoms. The fourth-order valence-electron chi connectivity index (χ4n) is 0.796. The van der Waals surface area contributed by atoms with Crippen molar-refractivity contribution in [3.8, 4) is 0 Å². The molecule has 4 nitrogen and oxygen atoms in total. The summed E-state index contributed by atoms with van der Waals surface area (Å²) in [6.45, 7) is 6.35. The van der Waals surface area contributed by atoms with Crippen LogP contribution in [0.4, 0.5) is 5.13 Å². The van der Waals surface area contributed by atoms with Crippen molar-refractivity contribution in [3.05, 3.63) is 5.82 Å². The molecule has 0 aliphatic heterocycles. The van der Waals surface area contributed by atoms with Crippen molar-refractivity contribution in [1.82, 2.24) is 9.36 Å². The monoisotopic (exact) mass is 201 g/mol. The van der Waals surface area contributed by atoms with E-state index in [2.05, 4.69) is 14.7 Å². The molecular formula is C8H15N3OS. The highest BCUT2D eigenvalue weighted by Crippen LogP contribution is 2.10. The van der Waals surface area contributed by atoms with Crippen molar-refractivity contribution in [2.45, 2.75) is 26.9 Å². The zero-order valence-corrected chi connectivity index (χ0v) is 8.93. The van der Waals surface area contributed by atoms with Crippen LogP contribution in [0, 0.1) is 12.8 Å². The molecule has 1 rings (SSSR count). The van der Waals surface area contributed by atoms with Crippen LogP contribution in [0.2, 0.25) is 0 Å². The van der Waals surface area contributed by atoms with Crippen LogP contribution in [0.5, 0.6) is 0 Å². The lowest BCUT2D eigenvalue weighted by Gasteiger charge is -2.13. The van der Waals surface area contributed by atoms with E-state index in [-0.39, 0.29) is 12.0 Å². The molecule has 1 atom stereocenters. The maximum Gasteiger partial charge on any atom is 0.202 e. The van der Waals surface area contributed by atoms with Crippen LogP contribution >= 0.6 is 11.5 Å². The van der Waals surface area contributed by atoms with Crippen LogP contribution in [-0.2, 0) is 0 Å². The summed E-state index contributed by atoms with van der Waals surface area (Å²) in [5.41, 5.74) is 0. The van der Waals surface area contributed by atoms with Gasteiger partial charge in [-0.05, 0) is 12.8 Å². The molecule has 74 valence electrons. The number of nitrogens with zero attached hydrogens (tertiary/aromatic N) is 2. The molecule has 0 aliphatic carbocycles. The summed E-state index contributed by atoms with van der Waals surface area (Å²) in [5, 5.41) is 13.3. The zero-order valence-electron chi connectivity index (χ0n) is 8.11. The van der Waals surface area contributed by atoms with E-state index in [0.717, 1.165) is 11.0 Å². The molecule has 13 heavy (non-hydrogen) atoms. The summed E-state index contributed by atoms with van der Waals surface area (Å²) in [6.07, 6.45) is -0.329. The maximum atomic E-state index is 9.49. The van der Waals surface area contributed by atoms with Crippen LogP contribution in [0.1, 0.15) is 19.7 Å². The predicted molar refractivity (Wildman–Crippen MR) is 54.0 cm³/mol. The van der Waals surface area contributed by atoms with E-state index < -0.39 is 0 Å². The van der Waals surface area contributed by atoms with Crippen molar-refractivity contribution in [1.29, 1.82) is 0 Å². The number of aryl methyl sites for hydroxylation is 1. The first-order valence-corrected chi connectivity index (χ1v) is 5.09. The Morgan fingerprint density at radius 3 is 2.69 bits per heavy atom. The van der Waals surface area contributed by atoms with Gasteiger partial charge in [0.05, 0.1) is 6.10 Å². The summed E-state index contributed by atoms with van der Waals surface area (Å²) in [6, 6.07) is 0. The summed E-state index contributed by atoms with van der Waals surface area (Å²) in [5.74, 6) is 1.04. The molecule has 0 aliphatic rings. The van der Waals surface area contributed by atoms with Crippen molar-refractivity contribution < 1.29 is 5.11 Å². The molecule has 0 aromatic carbocycles. The van der Waals surface area contributed by atoms with Gasteiger partial charge in [-0.2, -0.15) is 4.37 Å². The third-order valence-corrected chi connectivity index (χ3v) is 2.52. The Labute approximate surface area is 82.2 Å². The van der Waals surface area contributed by atoms with Crippen molar-refractivity contribution in [3.63, 3.8) is 0 Å². The Morgan fingerprint density at radius 1 is 1.54 bits per heavy atom. The zero-order chi connectivity index (χ0) is 9.84. The molecule has 0 fully saturated rings. The molecule has 1 unspecified atom stereocenters. The van der Waals surface area contributed by atoms with Gasteiger partial charge in [0.1, 0.15) is 5.82 Å². The molecule has 1 aromatic heterocycles. The van der Waals surface area contributed by atoms with Gasteiger partial charge in [-0.3, -0.25) is 0 Å². The molecule has 0 saturated heterocycles. The normalized spacial score (nSPS) is 13.3. The molecule has 1 aromatic rings. The van der Waals surface area contributed by atoms with E-state index in [9.17, 15) is 5.11 Å². The van der Waals surface area contributed by atoms with Crippen molar-refractivity contribution >= 4 is 16.7 Å². The Hall–Kier alpha value is -0.680. The summed E-state index contributed by atoms with van der Waals surface area (Å²) < 4.78 is 4.03. The molecule has 0 spiro atoms. The Balaban J connectivity index is 2.35.